The number of hydrogen-bond acceptors (Lipinski definition) is 3. The molecule has 1 N–H and O–H groups in total. The topological polar surface area (TPSA) is 47.3 Å². The van der Waals surface area contributed by atoms with Gasteiger partial charge in [-0.15, -0.1) is 0 Å². The molecule has 1 aliphatic carbocycles. The van der Waals surface area contributed by atoms with E-state index in [-0.39, 0.29) is 11.5 Å². The standard InChI is InChI=1S/C13H14N2O/c14-9-13-5-6-15(16)11(8-13)7-10-3-1-2-4-12(10)13/h1-4,11,16H,5-8H2. The molecular formula is C13H14N2O. The van der Waals surface area contributed by atoms with Crippen LogP contribution in [0, 0.1) is 11.3 Å². The Morgan fingerprint density at radius 1 is 1.44 bits per heavy atom. The lowest BCUT2D eigenvalue weighted by molar-refractivity contribution is -0.153. The Morgan fingerprint density at radius 2 is 2.25 bits per heavy atom. The van der Waals surface area contributed by atoms with Crippen LogP contribution in [0.5, 0.6) is 0 Å². The molecule has 2 bridgehead atoms. The molecule has 0 aromatic heterocycles. The maximum Gasteiger partial charge on any atom is 0.0853 e. The SMILES string of the molecule is N#CC12CCN(O)C(Cc3ccccc31)C2. The average Bonchev–Trinajstić information content (AvgIpc) is 2.34. The van der Waals surface area contributed by atoms with E-state index in [1.54, 1.807) is 0 Å². The maximum atomic E-state index is 9.78. The fraction of sp³-hybridized carbons (Fsp3) is 0.462. The Morgan fingerprint density at radius 3 is 3.06 bits per heavy atom. The Labute approximate surface area is 94.9 Å². The van der Waals surface area contributed by atoms with Crippen LogP contribution in [0.4, 0.5) is 0 Å². The van der Waals surface area contributed by atoms with Crippen molar-refractivity contribution in [2.75, 3.05) is 6.54 Å². The Hall–Kier alpha value is -1.37. The maximum absolute atomic E-state index is 9.78. The molecule has 3 nitrogen and oxygen atoms in total. The van der Waals surface area contributed by atoms with E-state index in [0.29, 0.717) is 6.54 Å². The summed E-state index contributed by atoms with van der Waals surface area (Å²) >= 11 is 0. The van der Waals surface area contributed by atoms with E-state index in [1.165, 1.54) is 16.2 Å². The highest BCUT2D eigenvalue weighted by Gasteiger charge is 2.45. The van der Waals surface area contributed by atoms with Crippen molar-refractivity contribution in [3.05, 3.63) is 35.4 Å². The van der Waals surface area contributed by atoms with Crippen molar-refractivity contribution in [1.82, 2.24) is 5.06 Å². The van der Waals surface area contributed by atoms with Crippen molar-refractivity contribution in [2.45, 2.75) is 30.7 Å². The number of hydrogen-bond donors (Lipinski definition) is 1. The first-order valence-electron chi connectivity index (χ1n) is 5.70. The van der Waals surface area contributed by atoms with Crippen molar-refractivity contribution < 1.29 is 5.21 Å². The van der Waals surface area contributed by atoms with Gasteiger partial charge >= 0.3 is 0 Å². The molecule has 3 rings (SSSR count). The highest BCUT2D eigenvalue weighted by Crippen LogP contribution is 2.43. The van der Waals surface area contributed by atoms with Crippen molar-refractivity contribution in [3.63, 3.8) is 0 Å². The summed E-state index contributed by atoms with van der Waals surface area (Å²) < 4.78 is 0. The van der Waals surface area contributed by atoms with Crippen molar-refractivity contribution in [3.8, 4) is 6.07 Å². The Bertz CT molecular complexity index is 465. The van der Waals surface area contributed by atoms with Gasteiger partial charge < -0.3 is 5.21 Å². The molecule has 0 amide bonds. The van der Waals surface area contributed by atoms with Crippen LogP contribution in [0.15, 0.2) is 24.3 Å². The van der Waals surface area contributed by atoms with Crippen LogP contribution >= 0.6 is 0 Å². The van der Waals surface area contributed by atoms with Gasteiger partial charge in [-0.2, -0.15) is 10.3 Å². The van der Waals surface area contributed by atoms with Gasteiger partial charge in [-0.1, -0.05) is 24.3 Å². The highest BCUT2D eigenvalue weighted by molar-refractivity contribution is 5.43. The van der Waals surface area contributed by atoms with E-state index in [1.807, 2.05) is 12.1 Å². The van der Waals surface area contributed by atoms with E-state index in [9.17, 15) is 10.5 Å². The summed E-state index contributed by atoms with van der Waals surface area (Å²) in [5.41, 5.74) is 2.04. The Balaban J connectivity index is 2.15. The fourth-order valence-corrected chi connectivity index (χ4v) is 3.10. The fourth-order valence-electron chi connectivity index (χ4n) is 3.10. The zero-order valence-electron chi connectivity index (χ0n) is 9.06. The average molecular weight is 214 g/mol. The molecule has 1 aromatic carbocycles. The minimum atomic E-state index is -0.362. The molecular weight excluding hydrogens is 200 g/mol. The normalized spacial score (nSPS) is 32.9. The van der Waals surface area contributed by atoms with Crippen LogP contribution < -0.4 is 0 Å². The smallest absolute Gasteiger partial charge is 0.0853 e. The van der Waals surface area contributed by atoms with Crippen LogP contribution in [0.1, 0.15) is 24.0 Å². The third kappa shape index (κ3) is 1.21. The molecule has 82 valence electrons. The van der Waals surface area contributed by atoms with Gasteiger partial charge in [0.2, 0.25) is 0 Å². The molecule has 0 radical (unpaired) electrons. The number of fused-ring (bicyclic) bond motifs is 4. The van der Waals surface area contributed by atoms with Gasteiger partial charge in [0, 0.05) is 12.6 Å². The molecule has 3 heteroatoms. The lowest BCUT2D eigenvalue weighted by atomic mass is 9.65. The van der Waals surface area contributed by atoms with Gasteiger partial charge in [0.05, 0.1) is 11.5 Å². The first kappa shape index (κ1) is 9.83. The van der Waals surface area contributed by atoms with E-state index < -0.39 is 0 Å². The zero-order chi connectivity index (χ0) is 11.2. The van der Waals surface area contributed by atoms with Crippen LogP contribution in [-0.2, 0) is 11.8 Å². The molecule has 1 saturated heterocycles. The summed E-state index contributed by atoms with van der Waals surface area (Å²) in [7, 11) is 0. The Kier molecular flexibility index (Phi) is 2.03. The molecule has 0 spiro atoms. The monoisotopic (exact) mass is 214 g/mol. The lowest BCUT2D eigenvalue weighted by Gasteiger charge is -2.45. The second-order valence-corrected chi connectivity index (χ2v) is 4.83. The predicted molar refractivity (Wildman–Crippen MR) is 59.0 cm³/mol. The number of piperidine rings is 1. The molecule has 1 aliphatic heterocycles. The van der Waals surface area contributed by atoms with E-state index in [0.717, 1.165) is 19.3 Å². The third-order valence-corrected chi connectivity index (χ3v) is 3.98. The summed E-state index contributed by atoms with van der Waals surface area (Å²) in [5, 5.41) is 20.7. The number of hydroxylamine groups is 2. The molecule has 2 atom stereocenters. The zero-order valence-corrected chi connectivity index (χ0v) is 9.06. The summed E-state index contributed by atoms with van der Waals surface area (Å²) in [5.74, 6) is 0. The molecule has 1 aromatic rings. The first-order valence-corrected chi connectivity index (χ1v) is 5.70. The lowest BCUT2D eigenvalue weighted by Crippen LogP contribution is -2.51. The predicted octanol–water partition coefficient (Wildman–Crippen LogP) is 1.86. The summed E-state index contributed by atoms with van der Waals surface area (Å²) in [4.78, 5) is 0. The number of rotatable bonds is 0. The highest BCUT2D eigenvalue weighted by atomic mass is 16.5. The molecule has 1 heterocycles. The van der Waals surface area contributed by atoms with Crippen molar-refractivity contribution in [1.29, 1.82) is 5.26 Å². The largest absolute Gasteiger partial charge is 0.314 e. The second kappa shape index (κ2) is 3.31. The van der Waals surface area contributed by atoms with Crippen LogP contribution in [0.25, 0.3) is 0 Å². The summed E-state index contributed by atoms with van der Waals surface area (Å²) in [6, 6.07) is 10.8. The minimum Gasteiger partial charge on any atom is -0.314 e. The van der Waals surface area contributed by atoms with Gasteiger partial charge in [0.1, 0.15) is 0 Å². The molecule has 16 heavy (non-hydrogen) atoms. The van der Waals surface area contributed by atoms with Crippen LogP contribution in [0.3, 0.4) is 0 Å². The van der Waals surface area contributed by atoms with Gasteiger partial charge in [0.25, 0.3) is 0 Å². The molecule has 2 aliphatic rings. The quantitative estimate of drug-likeness (QED) is 0.717. The minimum absolute atomic E-state index is 0.114. The molecule has 1 fully saturated rings. The van der Waals surface area contributed by atoms with Crippen LogP contribution in [0.2, 0.25) is 0 Å². The van der Waals surface area contributed by atoms with Crippen molar-refractivity contribution in [2.24, 2.45) is 0 Å². The number of nitriles is 1. The van der Waals surface area contributed by atoms with Crippen LogP contribution in [-0.4, -0.2) is 22.9 Å². The summed E-state index contributed by atoms with van der Waals surface area (Å²) in [6.45, 7) is 0.604. The van der Waals surface area contributed by atoms with Gasteiger partial charge in [0.15, 0.2) is 0 Å². The van der Waals surface area contributed by atoms with Crippen molar-refractivity contribution >= 4 is 0 Å². The first-order chi connectivity index (χ1) is 7.75. The van der Waals surface area contributed by atoms with Gasteiger partial charge in [-0.25, -0.2) is 0 Å². The van der Waals surface area contributed by atoms with Gasteiger partial charge in [-0.05, 0) is 30.4 Å². The molecule has 0 saturated carbocycles. The van der Waals surface area contributed by atoms with E-state index in [4.69, 9.17) is 0 Å². The number of nitrogens with zero attached hydrogens (tertiary/aromatic N) is 2. The molecule has 2 unspecified atom stereocenters. The third-order valence-electron chi connectivity index (χ3n) is 3.98. The van der Waals surface area contributed by atoms with E-state index in [2.05, 4.69) is 18.2 Å². The number of benzene rings is 1. The van der Waals surface area contributed by atoms with E-state index >= 15 is 0 Å². The van der Waals surface area contributed by atoms with Gasteiger partial charge in [-0.3, -0.25) is 0 Å². The summed E-state index contributed by atoms with van der Waals surface area (Å²) in [6.07, 6.45) is 2.35. The second-order valence-electron chi connectivity index (χ2n) is 4.83.